The number of hydrogen-bond donors (Lipinski definition) is 3. The molecule has 0 saturated heterocycles. The fourth-order valence-electron chi connectivity index (χ4n) is 8.41. The number of aliphatic hydroxyl groups is 2. The first-order valence-corrected chi connectivity index (χ1v) is 11.4. The average Bonchev–Trinajstić information content (AvgIpc) is 2.98. The molecule has 4 N–H and O–H groups in total. The third kappa shape index (κ3) is 3.02. The Bertz CT molecular complexity index is 568. The predicted octanol–water partition coefficient (Wildman–Crippen LogP) is 3.28. The Labute approximate surface area is 164 Å². The zero-order valence-corrected chi connectivity index (χ0v) is 17.1. The van der Waals surface area contributed by atoms with E-state index in [2.05, 4.69) is 13.8 Å². The molecule has 4 saturated carbocycles. The highest BCUT2D eigenvalue weighted by molar-refractivity contribution is 5.49. The van der Waals surface area contributed by atoms with Crippen LogP contribution in [0.25, 0.3) is 0 Å². The van der Waals surface area contributed by atoms with Gasteiger partial charge in [0.05, 0.1) is 12.2 Å². The molecule has 0 radical (unpaired) electrons. The summed E-state index contributed by atoms with van der Waals surface area (Å²) in [6.07, 6.45) is 10.4. The number of rotatable bonds is 4. The van der Waals surface area contributed by atoms with E-state index in [-0.39, 0.29) is 29.1 Å². The van der Waals surface area contributed by atoms with Crippen molar-refractivity contribution < 1.29 is 15.0 Å². The summed E-state index contributed by atoms with van der Waals surface area (Å²) in [5, 5.41) is 21.4. The van der Waals surface area contributed by atoms with Gasteiger partial charge in [-0.1, -0.05) is 13.8 Å². The van der Waals surface area contributed by atoms with Crippen molar-refractivity contribution in [2.24, 2.45) is 46.2 Å². The number of aldehydes is 1. The van der Waals surface area contributed by atoms with Crippen LogP contribution in [0.5, 0.6) is 0 Å². The van der Waals surface area contributed by atoms with Crippen LogP contribution in [0.4, 0.5) is 0 Å². The van der Waals surface area contributed by atoms with E-state index in [1.54, 1.807) is 0 Å². The van der Waals surface area contributed by atoms with Crippen LogP contribution in [0.15, 0.2) is 0 Å². The molecule has 4 heteroatoms. The van der Waals surface area contributed by atoms with Gasteiger partial charge in [0, 0.05) is 12.5 Å². The number of hydrogen-bond acceptors (Lipinski definition) is 4. The van der Waals surface area contributed by atoms with Crippen LogP contribution in [-0.2, 0) is 4.79 Å². The molecule has 0 amide bonds. The summed E-state index contributed by atoms with van der Waals surface area (Å²) in [5.41, 5.74) is 7.05. The van der Waals surface area contributed by atoms with Gasteiger partial charge in [-0.05, 0) is 98.2 Å². The van der Waals surface area contributed by atoms with Crippen molar-refractivity contribution >= 4 is 6.29 Å². The molecule has 0 aromatic rings. The second kappa shape index (κ2) is 7.11. The lowest BCUT2D eigenvalue weighted by Gasteiger charge is -2.62. The number of nitrogens with two attached hydrogens (primary N) is 1. The van der Waals surface area contributed by atoms with Crippen LogP contribution < -0.4 is 5.73 Å². The monoisotopic (exact) mass is 377 g/mol. The van der Waals surface area contributed by atoms with Crippen molar-refractivity contribution in [2.75, 3.05) is 0 Å². The first-order valence-electron chi connectivity index (χ1n) is 11.4. The zero-order valence-electron chi connectivity index (χ0n) is 17.1. The largest absolute Gasteiger partial charge is 0.393 e. The molecule has 0 spiro atoms. The molecule has 154 valence electrons. The Morgan fingerprint density at radius 2 is 1.74 bits per heavy atom. The number of fused-ring (bicyclic) bond motifs is 5. The molecule has 4 fully saturated rings. The molecule has 4 rings (SSSR count). The van der Waals surface area contributed by atoms with Crippen molar-refractivity contribution in [3.05, 3.63) is 0 Å². The van der Waals surface area contributed by atoms with Gasteiger partial charge in [-0.3, -0.25) is 0 Å². The van der Waals surface area contributed by atoms with Gasteiger partial charge in [0.1, 0.15) is 6.29 Å². The SMILES string of the molecule is C[C@]12CC[C@@H](O)C[C@H]1C[C@H](O)[C@@H]1[C@@H]2CC[C@]2(C)[C@@H]([C@H](N)CCC=O)CC[C@@H]12. The van der Waals surface area contributed by atoms with Crippen LogP contribution in [0.1, 0.15) is 78.1 Å². The fraction of sp³-hybridized carbons (Fsp3) is 0.957. The van der Waals surface area contributed by atoms with E-state index in [1.165, 1.54) is 19.3 Å². The quantitative estimate of drug-likeness (QED) is 0.657. The van der Waals surface area contributed by atoms with Crippen molar-refractivity contribution in [3.8, 4) is 0 Å². The maximum Gasteiger partial charge on any atom is 0.120 e. The Hall–Kier alpha value is -0.450. The number of aliphatic hydroxyl groups excluding tert-OH is 2. The average molecular weight is 378 g/mol. The highest BCUT2D eigenvalue weighted by atomic mass is 16.3. The Morgan fingerprint density at radius 1 is 1.04 bits per heavy atom. The summed E-state index contributed by atoms with van der Waals surface area (Å²) in [5.74, 6) is 2.48. The smallest absolute Gasteiger partial charge is 0.120 e. The molecule has 0 unspecified atom stereocenters. The normalized spacial score (nSPS) is 53.1. The molecule has 0 bridgehead atoms. The van der Waals surface area contributed by atoms with E-state index in [1.807, 2.05) is 0 Å². The van der Waals surface area contributed by atoms with Crippen molar-refractivity contribution in [3.63, 3.8) is 0 Å². The van der Waals surface area contributed by atoms with E-state index >= 15 is 0 Å². The third-order valence-electron chi connectivity index (χ3n) is 9.86. The molecule has 4 aliphatic rings. The van der Waals surface area contributed by atoms with Gasteiger partial charge in [0.25, 0.3) is 0 Å². The van der Waals surface area contributed by atoms with Crippen LogP contribution in [0.3, 0.4) is 0 Å². The van der Waals surface area contributed by atoms with E-state index in [0.717, 1.165) is 44.8 Å². The van der Waals surface area contributed by atoms with E-state index in [9.17, 15) is 15.0 Å². The Balaban J connectivity index is 1.58. The summed E-state index contributed by atoms with van der Waals surface area (Å²) < 4.78 is 0. The summed E-state index contributed by atoms with van der Waals surface area (Å²) in [4.78, 5) is 10.8. The minimum atomic E-state index is -0.229. The van der Waals surface area contributed by atoms with Crippen LogP contribution >= 0.6 is 0 Å². The lowest BCUT2D eigenvalue weighted by molar-refractivity contribution is -0.173. The summed E-state index contributed by atoms with van der Waals surface area (Å²) in [6.45, 7) is 4.89. The zero-order chi connectivity index (χ0) is 19.4. The topological polar surface area (TPSA) is 83.6 Å². The molecule has 4 aliphatic carbocycles. The molecule has 27 heavy (non-hydrogen) atoms. The van der Waals surface area contributed by atoms with Gasteiger partial charge in [-0.25, -0.2) is 0 Å². The molecule has 10 atom stereocenters. The van der Waals surface area contributed by atoms with Crippen LogP contribution in [0.2, 0.25) is 0 Å². The van der Waals surface area contributed by atoms with E-state index < -0.39 is 0 Å². The van der Waals surface area contributed by atoms with Gasteiger partial charge < -0.3 is 20.7 Å². The maximum absolute atomic E-state index is 11.2. The van der Waals surface area contributed by atoms with Crippen LogP contribution in [-0.4, -0.2) is 34.7 Å². The molecule has 0 heterocycles. The van der Waals surface area contributed by atoms with Gasteiger partial charge in [-0.2, -0.15) is 0 Å². The summed E-state index contributed by atoms with van der Waals surface area (Å²) >= 11 is 0. The maximum atomic E-state index is 11.2. The van der Waals surface area contributed by atoms with E-state index in [4.69, 9.17) is 5.73 Å². The van der Waals surface area contributed by atoms with E-state index in [0.29, 0.717) is 36.0 Å². The van der Waals surface area contributed by atoms with Gasteiger partial charge in [0.15, 0.2) is 0 Å². The predicted molar refractivity (Wildman–Crippen MR) is 106 cm³/mol. The summed E-state index contributed by atoms with van der Waals surface area (Å²) in [6, 6.07) is 0.107. The third-order valence-corrected chi connectivity index (χ3v) is 9.86. The van der Waals surface area contributed by atoms with Gasteiger partial charge in [-0.15, -0.1) is 0 Å². The highest BCUT2D eigenvalue weighted by Gasteiger charge is 2.62. The van der Waals surface area contributed by atoms with Crippen LogP contribution in [0, 0.1) is 40.4 Å². The fourth-order valence-corrected chi connectivity index (χ4v) is 8.41. The van der Waals surface area contributed by atoms with Crippen molar-refractivity contribution in [1.82, 2.24) is 0 Å². The van der Waals surface area contributed by atoms with Gasteiger partial charge in [0.2, 0.25) is 0 Å². The number of carbonyl (C=O) groups is 1. The first-order chi connectivity index (χ1) is 12.8. The summed E-state index contributed by atoms with van der Waals surface area (Å²) in [7, 11) is 0. The molecule has 4 nitrogen and oxygen atoms in total. The van der Waals surface area contributed by atoms with Crippen molar-refractivity contribution in [1.29, 1.82) is 0 Å². The standard InChI is InChI=1S/C23H39NO3/c1-22-9-7-15(26)12-14(22)13-20(27)21-17-6-5-16(19(24)4-3-11-25)23(17,2)10-8-18(21)22/h11,14-21,26-27H,3-10,12-13,24H2,1-2H3/t14-,15+,16+,17-,18-,19+,20-,21-,22-,23+/m0/s1. The minimum Gasteiger partial charge on any atom is -0.393 e. The molecule has 0 aliphatic heterocycles. The van der Waals surface area contributed by atoms with Gasteiger partial charge >= 0.3 is 0 Å². The lowest BCUT2D eigenvalue weighted by Crippen LogP contribution is -2.59. The number of carbonyl (C=O) groups excluding carboxylic acids is 1. The first kappa shape index (κ1) is 19.8. The minimum absolute atomic E-state index is 0.107. The molecular weight excluding hydrogens is 338 g/mol. The van der Waals surface area contributed by atoms with Crippen molar-refractivity contribution in [2.45, 2.75) is 96.3 Å². The Kier molecular flexibility index (Phi) is 5.22. The lowest BCUT2D eigenvalue weighted by atomic mass is 9.44. The Morgan fingerprint density at radius 3 is 2.48 bits per heavy atom. The second-order valence-corrected chi connectivity index (χ2v) is 10.9. The molecule has 0 aromatic carbocycles. The highest BCUT2D eigenvalue weighted by Crippen LogP contribution is 2.67. The second-order valence-electron chi connectivity index (χ2n) is 10.9. The molecule has 0 aromatic heterocycles. The molecular formula is C23H39NO3.